The van der Waals surface area contributed by atoms with Gasteiger partial charge in [-0.1, -0.05) is 13.8 Å². The minimum Gasteiger partial charge on any atom is -0.395 e. The highest BCUT2D eigenvalue weighted by Crippen LogP contribution is 2.04. The summed E-state index contributed by atoms with van der Waals surface area (Å²) in [5.41, 5.74) is 1.16. The third-order valence-corrected chi connectivity index (χ3v) is 2.69. The fourth-order valence-electron chi connectivity index (χ4n) is 1.53. The maximum absolute atomic E-state index is 9.17. The van der Waals surface area contributed by atoms with Gasteiger partial charge in [-0.15, -0.1) is 0 Å². The quantitative estimate of drug-likeness (QED) is 0.738. The SMILES string of the molecule is CCn1cncc1CNC(CO)C(C)C. The Morgan fingerprint density at radius 2 is 2.27 bits per heavy atom. The molecule has 0 aliphatic rings. The van der Waals surface area contributed by atoms with Crippen molar-refractivity contribution >= 4 is 0 Å². The number of aliphatic hydroxyl groups is 1. The van der Waals surface area contributed by atoms with Crippen LogP contribution in [0, 0.1) is 5.92 Å². The Morgan fingerprint density at radius 1 is 1.53 bits per heavy atom. The van der Waals surface area contributed by atoms with Gasteiger partial charge >= 0.3 is 0 Å². The molecular formula is C11H21N3O. The largest absolute Gasteiger partial charge is 0.395 e. The summed E-state index contributed by atoms with van der Waals surface area (Å²) >= 11 is 0. The van der Waals surface area contributed by atoms with E-state index in [4.69, 9.17) is 5.11 Å². The van der Waals surface area contributed by atoms with E-state index in [1.165, 1.54) is 0 Å². The van der Waals surface area contributed by atoms with Crippen molar-refractivity contribution in [1.82, 2.24) is 14.9 Å². The molecule has 1 heterocycles. The van der Waals surface area contributed by atoms with Gasteiger partial charge < -0.3 is 15.0 Å². The normalized spacial score (nSPS) is 13.4. The van der Waals surface area contributed by atoms with E-state index >= 15 is 0 Å². The van der Waals surface area contributed by atoms with Crippen molar-refractivity contribution in [2.24, 2.45) is 5.92 Å². The standard InChI is InChI=1S/C11H21N3O/c1-4-14-8-12-5-10(14)6-13-11(7-15)9(2)3/h5,8-9,11,13,15H,4,6-7H2,1-3H3. The Balaban J connectivity index is 2.48. The van der Waals surface area contributed by atoms with Crippen molar-refractivity contribution < 1.29 is 5.11 Å². The molecule has 0 aromatic carbocycles. The van der Waals surface area contributed by atoms with E-state index in [2.05, 4.69) is 35.6 Å². The van der Waals surface area contributed by atoms with Crippen LogP contribution in [0.15, 0.2) is 12.5 Å². The van der Waals surface area contributed by atoms with Crippen molar-refractivity contribution in [3.63, 3.8) is 0 Å². The number of rotatable bonds is 6. The Labute approximate surface area is 91.3 Å². The summed E-state index contributed by atoms with van der Waals surface area (Å²) in [6.07, 6.45) is 3.70. The number of aryl methyl sites for hydroxylation is 1. The monoisotopic (exact) mass is 211 g/mol. The van der Waals surface area contributed by atoms with E-state index in [1.807, 2.05) is 12.5 Å². The van der Waals surface area contributed by atoms with Crippen LogP contribution in [0.5, 0.6) is 0 Å². The number of imidazole rings is 1. The van der Waals surface area contributed by atoms with Crippen molar-refractivity contribution in [1.29, 1.82) is 0 Å². The average molecular weight is 211 g/mol. The number of nitrogens with one attached hydrogen (secondary N) is 1. The van der Waals surface area contributed by atoms with Gasteiger partial charge in [0.25, 0.3) is 0 Å². The van der Waals surface area contributed by atoms with Gasteiger partial charge in [0.2, 0.25) is 0 Å². The molecule has 2 N–H and O–H groups in total. The predicted octanol–water partition coefficient (Wildman–Crippen LogP) is 1.01. The highest BCUT2D eigenvalue weighted by Gasteiger charge is 2.11. The lowest BCUT2D eigenvalue weighted by atomic mass is 10.1. The first kappa shape index (κ1) is 12.2. The molecule has 0 aliphatic carbocycles. The lowest BCUT2D eigenvalue weighted by Crippen LogP contribution is -2.36. The number of hydrogen-bond acceptors (Lipinski definition) is 3. The summed E-state index contributed by atoms with van der Waals surface area (Å²) in [7, 11) is 0. The topological polar surface area (TPSA) is 50.1 Å². The molecule has 4 heteroatoms. The summed E-state index contributed by atoms with van der Waals surface area (Å²) in [5, 5.41) is 12.5. The number of nitrogens with zero attached hydrogens (tertiary/aromatic N) is 2. The molecule has 1 rings (SSSR count). The van der Waals surface area contributed by atoms with Gasteiger partial charge in [-0.2, -0.15) is 0 Å². The molecule has 0 bridgehead atoms. The van der Waals surface area contributed by atoms with Crippen LogP contribution >= 0.6 is 0 Å². The van der Waals surface area contributed by atoms with E-state index in [9.17, 15) is 0 Å². The first-order valence-corrected chi connectivity index (χ1v) is 5.52. The van der Waals surface area contributed by atoms with Crippen LogP contribution in [0.3, 0.4) is 0 Å². The number of aromatic nitrogens is 2. The Hall–Kier alpha value is -0.870. The summed E-state index contributed by atoms with van der Waals surface area (Å²) in [5.74, 6) is 0.438. The third kappa shape index (κ3) is 3.32. The zero-order valence-corrected chi connectivity index (χ0v) is 9.77. The van der Waals surface area contributed by atoms with Crippen molar-refractivity contribution in [3.05, 3.63) is 18.2 Å². The van der Waals surface area contributed by atoms with E-state index in [-0.39, 0.29) is 12.6 Å². The van der Waals surface area contributed by atoms with Crippen LogP contribution in [0.2, 0.25) is 0 Å². The second-order valence-electron chi connectivity index (χ2n) is 4.08. The Bertz CT molecular complexity index is 283. The molecule has 15 heavy (non-hydrogen) atoms. The molecule has 86 valence electrons. The second-order valence-corrected chi connectivity index (χ2v) is 4.08. The zero-order chi connectivity index (χ0) is 11.3. The molecule has 0 fully saturated rings. The number of hydrogen-bond donors (Lipinski definition) is 2. The fourth-order valence-corrected chi connectivity index (χ4v) is 1.53. The second kappa shape index (κ2) is 5.88. The summed E-state index contributed by atoms with van der Waals surface area (Å²) in [6.45, 7) is 8.17. The highest BCUT2D eigenvalue weighted by atomic mass is 16.3. The summed E-state index contributed by atoms with van der Waals surface area (Å²) in [6, 6.07) is 0.158. The molecule has 0 radical (unpaired) electrons. The van der Waals surface area contributed by atoms with Gasteiger partial charge in [0.15, 0.2) is 0 Å². The van der Waals surface area contributed by atoms with Crippen molar-refractivity contribution in [2.45, 2.75) is 39.9 Å². The van der Waals surface area contributed by atoms with E-state index < -0.39 is 0 Å². The third-order valence-electron chi connectivity index (χ3n) is 2.69. The van der Waals surface area contributed by atoms with Gasteiger partial charge in [-0.25, -0.2) is 4.98 Å². The van der Waals surface area contributed by atoms with Gasteiger partial charge in [0.05, 0.1) is 18.6 Å². The number of aliphatic hydroxyl groups excluding tert-OH is 1. The first-order valence-electron chi connectivity index (χ1n) is 5.52. The van der Waals surface area contributed by atoms with E-state index in [0.717, 1.165) is 18.8 Å². The van der Waals surface area contributed by atoms with Crippen LogP contribution < -0.4 is 5.32 Å². The Kier molecular flexibility index (Phi) is 4.78. The minimum atomic E-state index is 0.158. The molecule has 0 amide bonds. The zero-order valence-electron chi connectivity index (χ0n) is 9.77. The van der Waals surface area contributed by atoms with Crippen LogP contribution in [0.25, 0.3) is 0 Å². The van der Waals surface area contributed by atoms with Gasteiger partial charge in [-0.3, -0.25) is 0 Å². The van der Waals surface area contributed by atoms with Crippen molar-refractivity contribution in [3.8, 4) is 0 Å². The maximum atomic E-state index is 9.17. The lowest BCUT2D eigenvalue weighted by molar-refractivity contribution is 0.209. The van der Waals surface area contributed by atoms with Gasteiger partial charge in [0, 0.05) is 25.3 Å². The molecular weight excluding hydrogens is 190 g/mol. The molecule has 0 saturated carbocycles. The van der Waals surface area contributed by atoms with Crippen LogP contribution in [-0.4, -0.2) is 27.3 Å². The maximum Gasteiger partial charge on any atom is 0.0948 e. The first-order chi connectivity index (χ1) is 7.19. The molecule has 4 nitrogen and oxygen atoms in total. The smallest absolute Gasteiger partial charge is 0.0948 e. The summed E-state index contributed by atoms with van der Waals surface area (Å²) in [4.78, 5) is 4.10. The molecule has 1 atom stereocenters. The van der Waals surface area contributed by atoms with E-state index in [1.54, 1.807) is 0 Å². The van der Waals surface area contributed by atoms with E-state index in [0.29, 0.717) is 5.92 Å². The minimum absolute atomic E-state index is 0.158. The van der Waals surface area contributed by atoms with Gasteiger partial charge in [-0.05, 0) is 12.8 Å². The molecule has 1 aromatic heterocycles. The average Bonchev–Trinajstić information content (AvgIpc) is 2.65. The predicted molar refractivity (Wildman–Crippen MR) is 60.5 cm³/mol. The van der Waals surface area contributed by atoms with Crippen LogP contribution in [0.4, 0.5) is 0 Å². The molecule has 0 saturated heterocycles. The fraction of sp³-hybridized carbons (Fsp3) is 0.727. The van der Waals surface area contributed by atoms with Crippen LogP contribution in [-0.2, 0) is 13.1 Å². The molecule has 0 aliphatic heterocycles. The molecule has 0 spiro atoms. The summed E-state index contributed by atoms with van der Waals surface area (Å²) < 4.78 is 2.10. The highest BCUT2D eigenvalue weighted by molar-refractivity contribution is 4.98. The van der Waals surface area contributed by atoms with Gasteiger partial charge in [0.1, 0.15) is 0 Å². The Morgan fingerprint density at radius 3 is 2.80 bits per heavy atom. The van der Waals surface area contributed by atoms with Crippen molar-refractivity contribution in [2.75, 3.05) is 6.61 Å². The molecule has 1 aromatic rings. The van der Waals surface area contributed by atoms with Crippen LogP contribution in [0.1, 0.15) is 26.5 Å². The lowest BCUT2D eigenvalue weighted by Gasteiger charge is -2.20. The molecule has 1 unspecified atom stereocenters.